The van der Waals surface area contributed by atoms with Gasteiger partial charge in [-0.05, 0) is 43.3 Å². The SMILES string of the molecule is CCOC(=O)Cn1c(=NC(=O)c2ccc3c(c2)OCO3)sc2cc(Br)ccc21. The summed E-state index contributed by atoms with van der Waals surface area (Å²) >= 11 is 4.77. The molecule has 7 nitrogen and oxygen atoms in total. The van der Waals surface area contributed by atoms with E-state index in [0.717, 1.165) is 14.7 Å². The number of thiazole rings is 1. The molecule has 0 unspecified atom stereocenters. The quantitative estimate of drug-likeness (QED) is 0.554. The van der Waals surface area contributed by atoms with Gasteiger partial charge in [0.25, 0.3) is 5.91 Å². The minimum atomic E-state index is -0.429. The lowest BCUT2D eigenvalue weighted by Gasteiger charge is -2.05. The van der Waals surface area contributed by atoms with Crippen molar-refractivity contribution in [1.29, 1.82) is 0 Å². The normalized spacial score (nSPS) is 13.1. The zero-order valence-corrected chi connectivity index (χ0v) is 17.2. The molecular weight excluding hydrogens is 448 g/mol. The molecule has 1 amide bonds. The fourth-order valence-corrected chi connectivity index (χ4v) is 4.38. The van der Waals surface area contributed by atoms with Crippen LogP contribution < -0.4 is 14.3 Å². The van der Waals surface area contributed by atoms with Crippen molar-refractivity contribution in [3.8, 4) is 11.5 Å². The number of esters is 1. The number of benzene rings is 2. The van der Waals surface area contributed by atoms with Crippen LogP contribution in [0.5, 0.6) is 11.5 Å². The van der Waals surface area contributed by atoms with Gasteiger partial charge in [0.1, 0.15) is 6.54 Å². The van der Waals surface area contributed by atoms with E-state index in [1.54, 1.807) is 29.7 Å². The van der Waals surface area contributed by atoms with Gasteiger partial charge in [0.15, 0.2) is 16.3 Å². The Balaban J connectivity index is 1.77. The Morgan fingerprint density at radius 2 is 2.04 bits per heavy atom. The van der Waals surface area contributed by atoms with Crippen molar-refractivity contribution in [3.05, 3.63) is 51.2 Å². The average Bonchev–Trinajstić information content (AvgIpc) is 3.26. The summed E-state index contributed by atoms with van der Waals surface area (Å²) in [6, 6.07) is 10.6. The first kappa shape index (κ1) is 18.7. The summed E-state index contributed by atoms with van der Waals surface area (Å²) in [5, 5.41) is 0. The second kappa shape index (κ2) is 7.76. The number of nitrogens with zero attached hydrogens (tertiary/aromatic N) is 2. The number of rotatable bonds is 4. The van der Waals surface area contributed by atoms with Crippen molar-refractivity contribution in [2.24, 2.45) is 4.99 Å². The second-order valence-corrected chi connectivity index (χ2v) is 7.80. The predicted octanol–water partition coefficient (Wildman–Crippen LogP) is 3.50. The number of hydrogen-bond donors (Lipinski definition) is 0. The summed E-state index contributed by atoms with van der Waals surface area (Å²) in [4.78, 5) is 29.5. The molecule has 0 saturated carbocycles. The number of carbonyl (C=O) groups excluding carboxylic acids is 2. The molecule has 1 aromatic heterocycles. The number of hydrogen-bond acceptors (Lipinski definition) is 6. The van der Waals surface area contributed by atoms with Gasteiger partial charge in [-0.3, -0.25) is 9.59 Å². The van der Waals surface area contributed by atoms with Gasteiger partial charge in [0.2, 0.25) is 6.79 Å². The van der Waals surface area contributed by atoms with Crippen LogP contribution in [-0.4, -0.2) is 29.8 Å². The van der Waals surface area contributed by atoms with Gasteiger partial charge in [-0.2, -0.15) is 4.99 Å². The Labute approximate surface area is 172 Å². The van der Waals surface area contributed by atoms with E-state index in [4.69, 9.17) is 14.2 Å². The molecule has 28 heavy (non-hydrogen) atoms. The summed E-state index contributed by atoms with van der Waals surface area (Å²) in [7, 11) is 0. The number of halogens is 1. The first-order valence-electron chi connectivity index (χ1n) is 8.48. The van der Waals surface area contributed by atoms with Crippen LogP contribution in [0.25, 0.3) is 10.2 Å². The molecule has 0 bridgehead atoms. The van der Waals surface area contributed by atoms with E-state index in [2.05, 4.69) is 20.9 Å². The lowest BCUT2D eigenvalue weighted by molar-refractivity contribution is -0.143. The van der Waals surface area contributed by atoms with E-state index in [9.17, 15) is 9.59 Å². The minimum absolute atomic E-state index is 0.0251. The fraction of sp³-hybridized carbons (Fsp3) is 0.211. The number of ether oxygens (including phenoxy) is 3. The van der Waals surface area contributed by atoms with Crippen LogP contribution in [-0.2, 0) is 16.1 Å². The van der Waals surface area contributed by atoms with Crippen LogP contribution in [0.15, 0.2) is 45.9 Å². The van der Waals surface area contributed by atoms with Crippen LogP contribution in [0.3, 0.4) is 0 Å². The lowest BCUT2D eigenvalue weighted by Crippen LogP contribution is -2.23. The van der Waals surface area contributed by atoms with Gasteiger partial charge < -0.3 is 18.8 Å². The van der Waals surface area contributed by atoms with Gasteiger partial charge >= 0.3 is 5.97 Å². The van der Waals surface area contributed by atoms with Crippen LogP contribution in [0.4, 0.5) is 0 Å². The molecule has 1 aliphatic heterocycles. The van der Waals surface area contributed by atoms with E-state index >= 15 is 0 Å². The van der Waals surface area contributed by atoms with Crippen molar-refractivity contribution in [2.45, 2.75) is 13.5 Å². The van der Waals surface area contributed by atoms with Crippen LogP contribution in [0, 0.1) is 0 Å². The first-order chi connectivity index (χ1) is 13.5. The Bertz CT molecular complexity index is 1150. The number of aromatic nitrogens is 1. The zero-order valence-electron chi connectivity index (χ0n) is 14.8. The molecule has 0 radical (unpaired) electrons. The predicted molar refractivity (Wildman–Crippen MR) is 107 cm³/mol. The van der Waals surface area contributed by atoms with E-state index in [1.807, 2.05) is 18.2 Å². The second-order valence-electron chi connectivity index (χ2n) is 5.87. The Morgan fingerprint density at radius 3 is 2.86 bits per heavy atom. The highest BCUT2D eigenvalue weighted by Gasteiger charge is 2.17. The topological polar surface area (TPSA) is 79.1 Å². The van der Waals surface area contributed by atoms with Crippen molar-refractivity contribution in [2.75, 3.05) is 13.4 Å². The zero-order chi connectivity index (χ0) is 19.7. The third-order valence-corrected chi connectivity index (χ3v) is 5.59. The number of amides is 1. The molecule has 4 rings (SSSR count). The molecule has 1 aliphatic rings. The molecule has 3 aromatic rings. The molecule has 2 aromatic carbocycles. The molecule has 2 heterocycles. The van der Waals surface area contributed by atoms with E-state index in [-0.39, 0.29) is 25.9 Å². The number of carbonyl (C=O) groups is 2. The Hall–Kier alpha value is -2.65. The largest absolute Gasteiger partial charge is 0.465 e. The van der Waals surface area contributed by atoms with Crippen molar-refractivity contribution >= 4 is 49.4 Å². The van der Waals surface area contributed by atoms with Gasteiger partial charge in [-0.25, -0.2) is 0 Å². The summed E-state index contributed by atoms with van der Waals surface area (Å²) in [5.74, 6) is 0.296. The molecule has 144 valence electrons. The van der Waals surface area contributed by atoms with Crippen LogP contribution >= 0.6 is 27.3 Å². The monoisotopic (exact) mass is 462 g/mol. The van der Waals surface area contributed by atoms with E-state index in [0.29, 0.717) is 21.9 Å². The summed E-state index contributed by atoms with van der Waals surface area (Å²) in [6.45, 7) is 2.15. The maximum atomic E-state index is 12.7. The molecule has 0 N–H and O–H groups in total. The first-order valence-corrected chi connectivity index (χ1v) is 10.1. The van der Waals surface area contributed by atoms with Crippen molar-refractivity contribution in [3.63, 3.8) is 0 Å². The van der Waals surface area contributed by atoms with E-state index < -0.39 is 5.91 Å². The molecule has 9 heteroatoms. The van der Waals surface area contributed by atoms with Gasteiger partial charge in [0.05, 0.1) is 16.8 Å². The molecule has 0 aliphatic carbocycles. The maximum Gasteiger partial charge on any atom is 0.326 e. The number of fused-ring (bicyclic) bond motifs is 2. The lowest BCUT2D eigenvalue weighted by atomic mass is 10.2. The standard InChI is InChI=1S/C19H15BrN2O5S/c1-2-25-17(23)9-22-13-5-4-12(20)8-16(13)28-19(22)21-18(24)11-3-6-14-15(7-11)27-10-26-14/h3-8H,2,9-10H2,1H3. The van der Waals surface area contributed by atoms with E-state index in [1.165, 1.54) is 11.3 Å². The van der Waals surface area contributed by atoms with Crippen LogP contribution in [0.2, 0.25) is 0 Å². The summed E-state index contributed by atoms with van der Waals surface area (Å²) in [5.41, 5.74) is 1.18. The molecule has 0 fully saturated rings. The molecule has 0 saturated heterocycles. The average molecular weight is 463 g/mol. The fourth-order valence-electron chi connectivity index (χ4n) is 2.80. The van der Waals surface area contributed by atoms with Crippen LogP contribution in [0.1, 0.15) is 17.3 Å². The summed E-state index contributed by atoms with van der Waals surface area (Å²) < 4.78 is 19.1. The molecular formula is C19H15BrN2O5S. The maximum absolute atomic E-state index is 12.7. The van der Waals surface area contributed by atoms with Gasteiger partial charge in [0, 0.05) is 10.0 Å². The highest BCUT2D eigenvalue weighted by Crippen LogP contribution is 2.32. The molecule has 0 atom stereocenters. The third-order valence-electron chi connectivity index (χ3n) is 4.05. The Morgan fingerprint density at radius 1 is 1.21 bits per heavy atom. The summed E-state index contributed by atoms with van der Waals surface area (Å²) in [6.07, 6.45) is 0. The Kier molecular flexibility index (Phi) is 5.19. The van der Waals surface area contributed by atoms with Crippen molar-refractivity contribution in [1.82, 2.24) is 4.57 Å². The molecule has 0 spiro atoms. The van der Waals surface area contributed by atoms with Gasteiger partial charge in [-0.1, -0.05) is 27.3 Å². The minimum Gasteiger partial charge on any atom is -0.465 e. The highest BCUT2D eigenvalue weighted by atomic mass is 79.9. The van der Waals surface area contributed by atoms with Gasteiger partial charge in [-0.15, -0.1) is 0 Å². The third kappa shape index (κ3) is 3.67. The smallest absolute Gasteiger partial charge is 0.326 e. The highest BCUT2D eigenvalue weighted by molar-refractivity contribution is 9.10. The van der Waals surface area contributed by atoms with Crippen molar-refractivity contribution < 1.29 is 23.8 Å².